The first kappa shape index (κ1) is 14.1. The fourth-order valence-corrected chi connectivity index (χ4v) is 2.02. The average molecular weight is 270 g/mol. The molecular weight excluding hydrogens is 252 g/mol. The number of carbonyl (C=O) groups excluding carboxylic acids is 1. The monoisotopic (exact) mass is 270 g/mol. The van der Waals surface area contributed by atoms with Gasteiger partial charge in [0.25, 0.3) is 0 Å². The lowest BCUT2D eigenvalue weighted by molar-refractivity contribution is 0.104. The van der Waals surface area contributed by atoms with Gasteiger partial charge in [0.1, 0.15) is 11.9 Å². The van der Waals surface area contributed by atoms with Gasteiger partial charge in [-0.1, -0.05) is 30.3 Å². The third kappa shape index (κ3) is 2.99. The van der Waals surface area contributed by atoms with E-state index in [-0.39, 0.29) is 0 Å². The number of benzene rings is 2. The summed E-state index contributed by atoms with van der Waals surface area (Å²) in [6.45, 7) is 3.99. The molecule has 0 aliphatic carbocycles. The van der Waals surface area contributed by atoms with Gasteiger partial charge in [-0.2, -0.15) is 0 Å². The Labute approximate surface area is 119 Å². The Morgan fingerprint density at radius 3 is 2.30 bits per heavy atom. The number of methoxy groups -OCH3 is 1. The van der Waals surface area contributed by atoms with Crippen LogP contribution in [0.15, 0.2) is 48.5 Å². The largest absolute Gasteiger partial charge is 0.493 e. The number of hydrogen-bond donors (Lipinski definition) is 0. The van der Waals surface area contributed by atoms with Gasteiger partial charge in [-0.25, -0.2) is 0 Å². The maximum Gasteiger partial charge on any atom is 0.162 e. The first-order valence-corrected chi connectivity index (χ1v) is 6.44. The summed E-state index contributed by atoms with van der Waals surface area (Å²) in [5.41, 5.74) is 1.14. The van der Waals surface area contributed by atoms with E-state index in [4.69, 9.17) is 9.47 Å². The second-order valence-electron chi connectivity index (χ2n) is 5.01. The van der Waals surface area contributed by atoms with Gasteiger partial charge in [-0.05, 0) is 37.6 Å². The predicted molar refractivity (Wildman–Crippen MR) is 78.5 cm³/mol. The first-order valence-electron chi connectivity index (χ1n) is 6.44. The van der Waals surface area contributed by atoms with Gasteiger partial charge in [0.2, 0.25) is 0 Å². The molecule has 0 saturated heterocycles. The van der Waals surface area contributed by atoms with Crippen LogP contribution in [0.1, 0.15) is 29.8 Å². The summed E-state index contributed by atoms with van der Waals surface area (Å²) >= 11 is 0. The molecule has 2 rings (SSSR count). The molecule has 2 aromatic carbocycles. The average Bonchev–Trinajstić information content (AvgIpc) is 2.48. The Balaban J connectivity index is 2.31. The van der Waals surface area contributed by atoms with Crippen molar-refractivity contribution >= 4 is 6.29 Å². The molecule has 0 amide bonds. The van der Waals surface area contributed by atoms with Crippen LogP contribution < -0.4 is 9.47 Å². The third-order valence-corrected chi connectivity index (χ3v) is 3.16. The van der Waals surface area contributed by atoms with Crippen LogP contribution in [0.5, 0.6) is 11.5 Å². The molecule has 0 N–H and O–H groups in total. The Hall–Kier alpha value is -2.29. The second-order valence-corrected chi connectivity index (χ2v) is 5.01. The number of carbonyl (C=O) groups is 1. The van der Waals surface area contributed by atoms with Crippen LogP contribution in [0.3, 0.4) is 0 Å². The Morgan fingerprint density at radius 1 is 1.00 bits per heavy atom. The fourth-order valence-electron chi connectivity index (χ4n) is 2.02. The zero-order valence-electron chi connectivity index (χ0n) is 11.9. The second kappa shape index (κ2) is 5.78. The highest BCUT2D eigenvalue weighted by molar-refractivity contribution is 5.76. The SMILES string of the molecule is COc1cc(C=O)ccc1OC(C)(C)c1ccccc1. The molecular formula is C17H18O3. The van der Waals surface area contributed by atoms with E-state index < -0.39 is 5.60 Å². The summed E-state index contributed by atoms with van der Waals surface area (Å²) in [7, 11) is 1.56. The Morgan fingerprint density at radius 2 is 1.70 bits per heavy atom. The lowest BCUT2D eigenvalue weighted by Crippen LogP contribution is -2.25. The molecule has 104 valence electrons. The minimum atomic E-state index is -0.489. The van der Waals surface area contributed by atoms with Crippen LogP contribution in [-0.4, -0.2) is 13.4 Å². The van der Waals surface area contributed by atoms with Crippen LogP contribution in [0, 0.1) is 0 Å². The number of ether oxygens (including phenoxy) is 2. The summed E-state index contributed by atoms with van der Waals surface area (Å²) in [6, 6.07) is 15.1. The number of hydrogen-bond acceptors (Lipinski definition) is 3. The van der Waals surface area contributed by atoms with Gasteiger partial charge in [0.15, 0.2) is 11.5 Å². The van der Waals surface area contributed by atoms with Crippen molar-refractivity contribution in [2.75, 3.05) is 7.11 Å². The molecule has 0 spiro atoms. The molecule has 2 aromatic rings. The van der Waals surface area contributed by atoms with Crippen molar-refractivity contribution in [2.45, 2.75) is 19.4 Å². The lowest BCUT2D eigenvalue weighted by atomic mass is 9.98. The summed E-state index contributed by atoms with van der Waals surface area (Å²) in [6.07, 6.45) is 0.786. The van der Waals surface area contributed by atoms with Crippen LogP contribution in [-0.2, 0) is 5.60 Å². The Kier molecular flexibility index (Phi) is 4.08. The van der Waals surface area contributed by atoms with Crippen molar-refractivity contribution in [1.29, 1.82) is 0 Å². The van der Waals surface area contributed by atoms with E-state index in [1.54, 1.807) is 25.3 Å². The summed E-state index contributed by atoms with van der Waals surface area (Å²) in [5.74, 6) is 1.17. The zero-order chi connectivity index (χ0) is 14.6. The molecule has 0 aliphatic heterocycles. The van der Waals surface area contributed by atoms with Crippen LogP contribution >= 0.6 is 0 Å². The molecule has 3 nitrogen and oxygen atoms in total. The van der Waals surface area contributed by atoms with Crippen molar-refractivity contribution in [2.24, 2.45) is 0 Å². The normalized spacial score (nSPS) is 10.9. The summed E-state index contributed by atoms with van der Waals surface area (Å²) in [4.78, 5) is 10.8. The van der Waals surface area contributed by atoms with Crippen LogP contribution in [0.25, 0.3) is 0 Å². The van der Waals surface area contributed by atoms with E-state index in [0.717, 1.165) is 11.8 Å². The topological polar surface area (TPSA) is 35.5 Å². The molecule has 0 saturated carbocycles. The molecule has 3 heteroatoms. The van der Waals surface area contributed by atoms with Gasteiger partial charge >= 0.3 is 0 Å². The number of aldehydes is 1. The van der Waals surface area contributed by atoms with Crippen molar-refractivity contribution < 1.29 is 14.3 Å². The van der Waals surface area contributed by atoms with Crippen molar-refractivity contribution in [3.63, 3.8) is 0 Å². The highest BCUT2D eigenvalue weighted by Crippen LogP contribution is 2.34. The highest BCUT2D eigenvalue weighted by atomic mass is 16.5. The molecule has 0 atom stereocenters. The lowest BCUT2D eigenvalue weighted by Gasteiger charge is -2.28. The van der Waals surface area contributed by atoms with Crippen LogP contribution in [0.2, 0.25) is 0 Å². The van der Waals surface area contributed by atoms with Gasteiger partial charge in [-0.15, -0.1) is 0 Å². The summed E-state index contributed by atoms with van der Waals surface area (Å²) in [5, 5.41) is 0. The minimum absolute atomic E-state index is 0.489. The van der Waals surface area contributed by atoms with Crippen LogP contribution in [0.4, 0.5) is 0 Å². The fraction of sp³-hybridized carbons (Fsp3) is 0.235. The molecule has 0 aliphatic rings. The van der Waals surface area contributed by atoms with Crippen molar-refractivity contribution in [3.8, 4) is 11.5 Å². The molecule has 20 heavy (non-hydrogen) atoms. The van der Waals surface area contributed by atoms with Crippen molar-refractivity contribution in [1.82, 2.24) is 0 Å². The number of rotatable bonds is 5. The highest BCUT2D eigenvalue weighted by Gasteiger charge is 2.23. The van der Waals surface area contributed by atoms with Crippen molar-refractivity contribution in [3.05, 3.63) is 59.7 Å². The molecule has 0 radical (unpaired) electrons. The standard InChI is InChI=1S/C17H18O3/c1-17(2,14-7-5-4-6-8-14)20-15-10-9-13(12-18)11-16(15)19-3/h4-12H,1-3H3. The molecule has 0 aromatic heterocycles. The maximum absolute atomic E-state index is 10.8. The molecule has 0 fully saturated rings. The quantitative estimate of drug-likeness (QED) is 0.775. The van der Waals surface area contributed by atoms with Gasteiger partial charge < -0.3 is 9.47 Å². The molecule has 0 unspecified atom stereocenters. The smallest absolute Gasteiger partial charge is 0.162 e. The summed E-state index contributed by atoms with van der Waals surface area (Å²) < 4.78 is 11.4. The van der Waals surface area contributed by atoms with E-state index in [9.17, 15) is 4.79 Å². The third-order valence-electron chi connectivity index (χ3n) is 3.16. The maximum atomic E-state index is 10.8. The first-order chi connectivity index (χ1) is 9.56. The molecule has 0 bridgehead atoms. The van der Waals surface area contributed by atoms with E-state index in [1.807, 2.05) is 44.2 Å². The van der Waals surface area contributed by atoms with Gasteiger partial charge in [-0.3, -0.25) is 4.79 Å². The van der Waals surface area contributed by atoms with Gasteiger partial charge in [0, 0.05) is 5.56 Å². The van der Waals surface area contributed by atoms with E-state index >= 15 is 0 Å². The van der Waals surface area contributed by atoms with Gasteiger partial charge in [0.05, 0.1) is 7.11 Å². The predicted octanol–water partition coefficient (Wildman–Crippen LogP) is 3.82. The van der Waals surface area contributed by atoms with E-state index in [1.165, 1.54) is 0 Å². The molecule has 0 heterocycles. The van der Waals surface area contributed by atoms with E-state index in [0.29, 0.717) is 17.1 Å². The minimum Gasteiger partial charge on any atom is -0.493 e. The Bertz CT molecular complexity index is 588. The zero-order valence-corrected chi connectivity index (χ0v) is 11.9. The van der Waals surface area contributed by atoms with E-state index in [2.05, 4.69) is 0 Å².